The number of anilines is 3. The molecule has 3 rings (SSSR count). The molecule has 3 amide bonds. The van der Waals surface area contributed by atoms with E-state index in [4.69, 9.17) is 5.73 Å². The monoisotopic (exact) mass is 274 g/mol. The van der Waals surface area contributed by atoms with Gasteiger partial charge in [0.2, 0.25) is 17.7 Å². The lowest BCUT2D eigenvalue weighted by Crippen LogP contribution is -2.47. The van der Waals surface area contributed by atoms with Gasteiger partial charge in [0, 0.05) is 12.1 Å². The molecule has 7 heteroatoms. The van der Waals surface area contributed by atoms with E-state index < -0.39 is 6.04 Å². The van der Waals surface area contributed by atoms with E-state index in [1.165, 1.54) is 0 Å². The third-order valence-electron chi connectivity index (χ3n) is 3.47. The van der Waals surface area contributed by atoms with Crippen LogP contribution in [0.25, 0.3) is 0 Å². The van der Waals surface area contributed by atoms with Gasteiger partial charge in [0.1, 0.15) is 6.04 Å². The zero-order chi connectivity index (χ0) is 14.3. The van der Waals surface area contributed by atoms with E-state index in [0.29, 0.717) is 36.3 Å². The van der Waals surface area contributed by atoms with Crippen molar-refractivity contribution in [1.29, 1.82) is 0 Å². The van der Waals surface area contributed by atoms with Crippen LogP contribution >= 0.6 is 0 Å². The smallest absolute Gasteiger partial charge is 0.249 e. The molecule has 7 nitrogen and oxygen atoms in total. The van der Waals surface area contributed by atoms with Gasteiger partial charge in [-0.3, -0.25) is 19.7 Å². The first kappa shape index (κ1) is 12.5. The van der Waals surface area contributed by atoms with E-state index in [9.17, 15) is 14.4 Å². The molecule has 2 aliphatic heterocycles. The van der Waals surface area contributed by atoms with Crippen molar-refractivity contribution in [2.45, 2.75) is 25.3 Å². The van der Waals surface area contributed by atoms with Crippen molar-refractivity contribution in [1.82, 2.24) is 5.32 Å². The number of carbonyl (C=O) groups excluding carboxylic acids is 3. The molecule has 1 unspecified atom stereocenters. The fourth-order valence-corrected chi connectivity index (χ4v) is 2.44. The summed E-state index contributed by atoms with van der Waals surface area (Å²) in [5, 5.41) is 8.03. The van der Waals surface area contributed by atoms with Gasteiger partial charge in [-0.15, -0.1) is 0 Å². The van der Waals surface area contributed by atoms with Crippen LogP contribution in [0.1, 0.15) is 18.4 Å². The number of rotatable bonds is 2. The molecule has 104 valence electrons. The van der Waals surface area contributed by atoms with Crippen LogP contribution in [0.3, 0.4) is 0 Å². The number of carbonyl (C=O) groups is 3. The van der Waals surface area contributed by atoms with Crippen LogP contribution in [0.2, 0.25) is 0 Å². The molecule has 0 bridgehead atoms. The number of nitrogen functional groups attached to an aromatic ring is 1. The highest BCUT2D eigenvalue weighted by molar-refractivity contribution is 6.03. The summed E-state index contributed by atoms with van der Waals surface area (Å²) >= 11 is 0. The molecule has 1 saturated heterocycles. The van der Waals surface area contributed by atoms with Gasteiger partial charge in [-0.1, -0.05) is 0 Å². The lowest BCUT2D eigenvalue weighted by Gasteiger charge is -2.23. The molecular weight excluding hydrogens is 260 g/mol. The summed E-state index contributed by atoms with van der Waals surface area (Å²) in [6.07, 6.45) is 1.04. The van der Waals surface area contributed by atoms with Gasteiger partial charge < -0.3 is 16.4 Å². The second kappa shape index (κ2) is 4.52. The standard InChI is InChI=1S/C13H14N4O3/c14-7-3-6-4-12(19)16-9(6)5-10(7)15-8-1-2-11(18)17-13(8)20/h3,5,8,15H,1-2,4,14H2,(H,16,19)(H,17,18,20). The largest absolute Gasteiger partial charge is 0.397 e. The zero-order valence-corrected chi connectivity index (χ0v) is 10.7. The number of hydrogen-bond donors (Lipinski definition) is 4. The Morgan fingerprint density at radius 1 is 1.15 bits per heavy atom. The molecule has 2 aliphatic rings. The van der Waals surface area contributed by atoms with E-state index in [0.717, 1.165) is 5.56 Å². The van der Waals surface area contributed by atoms with E-state index >= 15 is 0 Å². The number of fused-ring (bicyclic) bond motifs is 1. The SMILES string of the molecule is Nc1cc2c(cc1NC1CCC(=O)NC1=O)NC(=O)C2. The number of amides is 3. The van der Waals surface area contributed by atoms with Gasteiger partial charge >= 0.3 is 0 Å². The minimum absolute atomic E-state index is 0.0717. The topological polar surface area (TPSA) is 113 Å². The summed E-state index contributed by atoms with van der Waals surface area (Å²) in [6.45, 7) is 0. The van der Waals surface area contributed by atoms with Crippen LogP contribution in [-0.2, 0) is 20.8 Å². The van der Waals surface area contributed by atoms with Gasteiger partial charge in [0.05, 0.1) is 17.8 Å². The van der Waals surface area contributed by atoms with Crippen molar-refractivity contribution >= 4 is 34.8 Å². The van der Waals surface area contributed by atoms with Crippen molar-refractivity contribution in [3.63, 3.8) is 0 Å². The molecule has 0 aliphatic carbocycles. The number of benzene rings is 1. The first-order chi connectivity index (χ1) is 9.52. The summed E-state index contributed by atoms with van der Waals surface area (Å²) < 4.78 is 0. The maximum Gasteiger partial charge on any atom is 0.249 e. The molecule has 20 heavy (non-hydrogen) atoms. The fraction of sp³-hybridized carbons (Fsp3) is 0.308. The van der Waals surface area contributed by atoms with E-state index in [2.05, 4.69) is 16.0 Å². The molecule has 0 aromatic heterocycles. The lowest BCUT2D eigenvalue weighted by atomic mass is 10.0. The first-order valence-corrected chi connectivity index (χ1v) is 6.35. The summed E-state index contributed by atoms with van der Waals surface area (Å²) in [6, 6.07) is 2.95. The molecule has 2 heterocycles. The Labute approximate surface area is 114 Å². The summed E-state index contributed by atoms with van der Waals surface area (Å²) in [7, 11) is 0. The highest BCUT2D eigenvalue weighted by Crippen LogP contribution is 2.32. The van der Waals surface area contributed by atoms with Crippen molar-refractivity contribution in [3.8, 4) is 0 Å². The number of imide groups is 1. The van der Waals surface area contributed by atoms with Crippen LogP contribution in [0.15, 0.2) is 12.1 Å². The Morgan fingerprint density at radius 2 is 1.95 bits per heavy atom. The Kier molecular flexibility index (Phi) is 2.81. The second-order valence-electron chi connectivity index (χ2n) is 4.97. The van der Waals surface area contributed by atoms with Crippen molar-refractivity contribution in [3.05, 3.63) is 17.7 Å². The van der Waals surface area contributed by atoms with Crippen molar-refractivity contribution in [2.75, 3.05) is 16.4 Å². The summed E-state index contributed by atoms with van der Waals surface area (Å²) in [5.74, 6) is -0.690. The number of piperidine rings is 1. The Balaban J connectivity index is 1.81. The van der Waals surface area contributed by atoms with Crippen molar-refractivity contribution < 1.29 is 14.4 Å². The van der Waals surface area contributed by atoms with Gasteiger partial charge in [0.15, 0.2) is 0 Å². The van der Waals surface area contributed by atoms with E-state index in [1.807, 2.05) is 0 Å². The average molecular weight is 274 g/mol. The molecule has 5 N–H and O–H groups in total. The van der Waals surface area contributed by atoms with Crippen LogP contribution in [-0.4, -0.2) is 23.8 Å². The third kappa shape index (κ3) is 2.18. The number of nitrogens with one attached hydrogen (secondary N) is 3. The molecule has 1 aromatic rings. The van der Waals surface area contributed by atoms with Crippen LogP contribution in [0.4, 0.5) is 17.1 Å². The van der Waals surface area contributed by atoms with Crippen LogP contribution in [0, 0.1) is 0 Å². The quantitative estimate of drug-likeness (QED) is 0.447. The summed E-state index contributed by atoms with van der Waals surface area (Å²) in [5.41, 5.74) is 8.55. The minimum atomic E-state index is -0.495. The Bertz CT molecular complexity index is 626. The second-order valence-corrected chi connectivity index (χ2v) is 4.97. The Morgan fingerprint density at radius 3 is 2.70 bits per heavy atom. The molecule has 0 saturated carbocycles. The maximum atomic E-state index is 11.7. The molecular formula is C13H14N4O3. The van der Waals surface area contributed by atoms with Gasteiger partial charge in [-0.05, 0) is 24.1 Å². The average Bonchev–Trinajstić information content (AvgIpc) is 2.72. The normalized spacial score (nSPS) is 21.2. The van der Waals surface area contributed by atoms with Crippen LogP contribution < -0.4 is 21.7 Å². The molecule has 0 spiro atoms. The lowest BCUT2D eigenvalue weighted by molar-refractivity contribution is -0.133. The summed E-state index contributed by atoms with van der Waals surface area (Å²) in [4.78, 5) is 34.1. The van der Waals surface area contributed by atoms with Gasteiger partial charge in [-0.25, -0.2) is 0 Å². The third-order valence-corrected chi connectivity index (χ3v) is 3.47. The van der Waals surface area contributed by atoms with E-state index in [-0.39, 0.29) is 17.7 Å². The predicted octanol–water partition coefficient (Wildman–Crippen LogP) is -0.0195. The van der Waals surface area contributed by atoms with Crippen LogP contribution in [0.5, 0.6) is 0 Å². The fourth-order valence-electron chi connectivity index (χ4n) is 2.44. The maximum absolute atomic E-state index is 11.7. The number of nitrogens with two attached hydrogens (primary N) is 1. The van der Waals surface area contributed by atoms with E-state index in [1.54, 1.807) is 12.1 Å². The Hall–Kier alpha value is -2.57. The zero-order valence-electron chi connectivity index (χ0n) is 10.7. The van der Waals surface area contributed by atoms with Gasteiger partial charge in [0.25, 0.3) is 0 Å². The minimum Gasteiger partial charge on any atom is -0.397 e. The number of hydrogen-bond acceptors (Lipinski definition) is 5. The molecule has 1 fully saturated rings. The molecule has 1 aromatic carbocycles. The molecule has 0 radical (unpaired) electrons. The first-order valence-electron chi connectivity index (χ1n) is 6.35. The van der Waals surface area contributed by atoms with Crippen molar-refractivity contribution in [2.24, 2.45) is 0 Å². The predicted molar refractivity (Wildman–Crippen MR) is 73.0 cm³/mol. The highest BCUT2D eigenvalue weighted by Gasteiger charge is 2.27. The molecule has 1 atom stereocenters. The van der Waals surface area contributed by atoms with Gasteiger partial charge in [-0.2, -0.15) is 0 Å². The highest BCUT2D eigenvalue weighted by atomic mass is 16.2.